The number of fused-ring (bicyclic) bond motifs is 1. The highest BCUT2D eigenvalue weighted by Gasteiger charge is 2.45. The summed E-state index contributed by atoms with van der Waals surface area (Å²) in [5, 5.41) is 7.77. The molecule has 0 radical (unpaired) electrons. The van der Waals surface area contributed by atoms with Crippen LogP contribution in [0.3, 0.4) is 0 Å². The predicted octanol–water partition coefficient (Wildman–Crippen LogP) is 4.63. The highest BCUT2D eigenvalue weighted by molar-refractivity contribution is 6.05. The number of halogens is 1. The molecule has 2 atom stereocenters. The number of likely N-dealkylation sites (N-methyl/N-ethyl adjacent to an activating group) is 1. The van der Waals surface area contributed by atoms with Gasteiger partial charge in [0.1, 0.15) is 23.4 Å². The van der Waals surface area contributed by atoms with E-state index in [9.17, 15) is 14.0 Å². The first-order valence-corrected chi connectivity index (χ1v) is 12.1. The summed E-state index contributed by atoms with van der Waals surface area (Å²) >= 11 is 0. The van der Waals surface area contributed by atoms with E-state index < -0.39 is 17.9 Å². The van der Waals surface area contributed by atoms with Gasteiger partial charge >= 0.3 is 0 Å². The van der Waals surface area contributed by atoms with Crippen LogP contribution < -0.4 is 15.0 Å². The molecule has 1 N–H and O–H groups in total. The van der Waals surface area contributed by atoms with Crippen molar-refractivity contribution in [1.82, 2.24) is 15.1 Å². The van der Waals surface area contributed by atoms with Crippen molar-refractivity contribution >= 4 is 17.6 Å². The number of nitrogens with one attached hydrogen (secondary N) is 1. The van der Waals surface area contributed by atoms with E-state index in [1.807, 2.05) is 44.2 Å². The van der Waals surface area contributed by atoms with Crippen LogP contribution in [0.15, 0.2) is 78.9 Å². The van der Waals surface area contributed by atoms with Crippen LogP contribution in [0.5, 0.6) is 5.75 Å². The number of methoxy groups -OCH3 is 1. The number of ether oxygens (including phenoxy) is 1. The Hall–Kier alpha value is -4.46. The average molecular weight is 499 g/mol. The molecule has 0 spiro atoms. The fraction of sp³-hybridized carbons (Fsp3) is 0.207. The minimum absolute atomic E-state index is 0.266. The number of para-hydroxylation sites is 1. The van der Waals surface area contributed by atoms with Crippen molar-refractivity contribution in [1.29, 1.82) is 0 Å². The molecule has 0 bridgehead atoms. The number of amides is 2. The van der Waals surface area contributed by atoms with Crippen LogP contribution in [0.25, 0.3) is 5.69 Å². The summed E-state index contributed by atoms with van der Waals surface area (Å²) in [5.74, 6) is -0.435. The number of aryl methyl sites for hydroxylation is 1. The van der Waals surface area contributed by atoms with Gasteiger partial charge in [0, 0.05) is 23.6 Å². The van der Waals surface area contributed by atoms with E-state index in [0.29, 0.717) is 29.2 Å². The number of anilines is 1. The van der Waals surface area contributed by atoms with Crippen LogP contribution in [-0.4, -0.2) is 41.3 Å². The Morgan fingerprint density at radius 2 is 1.78 bits per heavy atom. The summed E-state index contributed by atoms with van der Waals surface area (Å²) < 4.78 is 20.9. The lowest BCUT2D eigenvalue weighted by Crippen LogP contribution is -2.55. The topological polar surface area (TPSA) is 76.5 Å². The average Bonchev–Trinajstić information content (AvgIpc) is 3.26. The molecule has 1 aliphatic rings. The van der Waals surface area contributed by atoms with Gasteiger partial charge in [-0.1, -0.05) is 36.4 Å². The van der Waals surface area contributed by atoms with Crippen molar-refractivity contribution in [3.05, 3.63) is 107 Å². The van der Waals surface area contributed by atoms with Gasteiger partial charge in [-0.05, 0) is 61.9 Å². The molecule has 5 rings (SSSR count). The highest BCUT2D eigenvalue weighted by Crippen LogP contribution is 2.43. The molecule has 1 aromatic heterocycles. The Labute approximate surface area is 214 Å². The number of hydrogen-bond donors (Lipinski definition) is 1. The maximum absolute atomic E-state index is 14.0. The van der Waals surface area contributed by atoms with Gasteiger partial charge in [0.2, 0.25) is 0 Å². The maximum Gasteiger partial charge on any atom is 0.252 e. The van der Waals surface area contributed by atoms with E-state index in [0.717, 1.165) is 16.9 Å². The van der Waals surface area contributed by atoms with Crippen molar-refractivity contribution in [3.63, 3.8) is 0 Å². The fourth-order valence-electron chi connectivity index (χ4n) is 4.95. The largest absolute Gasteiger partial charge is 0.497 e. The van der Waals surface area contributed by atoms with Gasteiger partial charge in [-0.3, -0.25) is 14.5 Å². The number of rotatable bonds is 6. The van der Waals surface area contributed by atoms with Crippen molar-refractivity contribution in [2.75, 3.05) is 18.6 Å². The second kappa shape index (κ2) is 9.89. The van der Waals surface area contributed by atoms with Gasteiger partial charge < -0.3 is 10.1 Å². The molecule has 0 aliphatic carbocycles. The molecule has 0 saturated carbocycles. The minimum atomic E-state index is -0.927. The van der Waals surface area contributed by atoms with Gasteiger partial charge in [-0.15, -0.1) is 0 Å². The normalized spacial score (nSPS) is 16.9. The molecule has 1 aliphatic heterocycles. The van der Waals surface area contributed by atoms with Crippen molar-refractivity contribution in [3.8, 4) is 11.4 Å². The Bertz CT molecular complexity index is 1450. The second-order valence-corrected chi connectivity index (χ2v) is 8.86. The van der Waals surface area contributed by atoms with Crippen molar-refractivity contribution in [2.45, 2.75) is 25.8 Å². The molecule has 37 heavy (non-hydrogen) atoms. The first-order chi connectivity index (χ1) is 17.9. The molecular formula is C29H27FN4O3. The summed E-state index contributed by atoms with van der Waals surface area (Å²) in [4.78, 5) is 29.0. The van der Waals surface area contributed by atoms with E-state index in [4.69, 9.17) is 9.84 Å². The second-order valence-electron chi connectivity index (χ2n) is 8.86. The number of aromatic nitrogens is 2. The Balaban J connectivity index is 1.67. The zero-order valence-electron chi connectivity index (χ0n) is 20.8. The first-order valence-electron chi connectivity index (χ1n) is 12.1. The molecular weight excluding hydrogens is 471 g/mol. The third-order valence-electron chi connectivity index (χ3n) is 6.68. The van der Waals surface area contributed by atoms with Gasteiger partial charge in [0.05, 0.1) is 18.5 Å². The predicted molar refractivity (Wildman–Crippen MR) is 139 cm³/mol. The fourth-order valence-corrected chi connectivity index (χ4v) is 4.95. The smallest absolute Gasteiger partial charge is 0.252 e. The van der Waals surface area contributed by atoms with Crippen LogP contribution in [0.1, 0.15) is 40.0 Å². The quantitative estimate of drug-likeness (QED) is 0.421. The summed E-state index contributed by atoms with van der Waals surface area (Å²) in [6.07, 6.45) is 0. The lowest BCUT2D eigenvalue weighted by Gasteiger charge is -2.38. The number of carbonyl (C=O) groups excluding carboxylic acids is 2. The summed E-state index contributed by atoms with van der Waals surface area (Å²) in [5.41, 5.74) is 3.43. The number of hydrogen-bond acceptors (Lipinski definition) is 4. The molecule has 0 fully saturated rings. The van der Waals surface area contributed by atoms with Gasteiger partial charge in [0.25, 0.3) is 11.8 Å². The standard InChI is InChI=1S/C29H27FN4O3/c1-4-33-28-24(18(2)32-34(28)22-10-6-5-7-11-22)25(19-13-15-21(30)16-14-19)26(29(33)36)31-27(35)20-9-8-12-23(17-20)37-3/h5-17,25-26H,4H2,1-3H3,(H,31,35). The van der Waals surface area contributed by atoms with Crippen LogP contribution in [0.4, 0.5) is 10.2 Å². The van der Waals surface area contributed by atoms with Gasteiger partial charge in [-0.25, -0.2) is 9.07 Å². The molecule has 3 aromatic carbocycles. The molecule has 2 unspecified atom stereocenters. The van der Waals surface area contributed by atoms with Crippen LogP contribution in [0.2, 0.25) is 0 Å². The lowest BCUT2D eigenvalue weighted by molar-refractivity contribution is -0.121. The lowest BCUT2D eigenvalue weighted by atomic mass is 9.81. The molecule has 0 saturated heterocycles. The molecule has 2 heterocycles. The molecule has 8 heteroatoms. The van der Waals surface area contributed by atoms with Gasteiger partial charge in [0.15, 0.2) is 0 Å². The highest BCUT2D eigenvalue weighted by atomic mass is 19.1. The monoisotopic (exact) mass is 498 g/mol. The summed E-state index contributed by atoms with van der Waals surface area (Å²) in [6, 6.07) is 21.5. The number of carbonyl (C=O) groups is 2. The zero-order chi connectivity index (χ0) is 26.1. The third kappa shape index (κ3) is 4.35. The van der Waals surface area contributed by atoms with Crippen molar-refractivity contribution < 1.29 is 18.7 Å². The number of benzene rings is 3. The molecule has 4 aromatic rings. The Morgan fingerprint density at radius 1 is 1.05 bits per heavy atom. The van der Waals surface area contributed by atoms with Gasteiger partial charge in [-0.2, -0.15) is 5.10 Å². The SMILES string of the molecule is CCN1C(=O)C(NC(=O)c2cccc(OC)c2)C(c2ccc(F)cc2)c2c(C)nn(-c3ccccc3)c21. The summed E-state index contributed by atoms with van der Waals surface area (Å²) in [6.45, 7) is 4.16. The van der Waals surface area contributed by atoms with Crippen LogP contribution in [-0.2, 0) is 4.79 Å². The van der Waals surface area contributed by atoms with E-state index in [2.05, 4.69) is 5.32 Å². The zero-order valence-corrected chi connectivity index (χ0v) is 20.8. The van der Waals surface area contributed by atoms with E-state index in [1.165, 1.54) is 19.2 Å². The van der Waals surface area contributed by atoms with E-state index >= 15 is 0 Å². The van der Waals surface area contributed by atoms with E-state index in [1.54, 1.807) is 46.0 Å². The molecule has 2 amide bonds. The molecule has 7 nitrogen and oxygen atoms in total. The Morgan fingerprint density at radius 3 is 2.46 bits per heavy atom. The number of nitrogens with zero attached hydrogens (tertiary/aromatic N) is 3. The van der Waals surface area contributed by atoms with Crippen LogP contribution >= 0.6 is 0 Å². The Kier molecular flexibility index (Phi) is 6.48. The maximum atomic E-state index is 14.0. The minimum Gasteiger partial charge on any atom is -0.497 e. The van der Waals surface area contributed by atoms with Crippen molar-refractivity contribution in [2.24, 2.45) is 0 Å². The first kappa shape index (κ1) is 24.2. The summed E-state index contributed by atoms with van der Waals surface area (Å²) in [7, 11) is 1.53. The van der Waals surface area contributed by atoms with E-state index in [-0.39, 0.29) is 11.7 Å². The molecule has 188 valence electrons. The third-order valence-corrected chi connectivity index (χ3v) is 6.68. The van der Waals surface area contributed by atoms with Crippen LogP contribution in [0, 0.1) is 12.7 Å².